The smallest absolute Gasteiger partial charge is 0.102 e. The summed E-state index contributed by atoms with van der Waals surface area (Å²) in [5, 5.41) is 35.4. The van der Waals surface area contributed by atoms with Crippen molar-refractivity contribution in [2.24, 2.45) is 0 Å². The molecule has 0 radical (unpaired) electrons. The highest BCUT2D eigenvalue weighted by Crippen LogP contribution is 2.49. The zero-order chi connectivity index (χ0) is 44.0. The molecule has 0 saturated heterocycles. The standard InChI is InChI=1S/C59H35N5S2/c1-59(2,64-48-23-11-5-15-34(48)35-16-6-12-24-49(35)64)54-44(32-60)50(62-46-21-9-3-17-36(46)40-27-29-42-38-19-7-13-25-52(38)65-57(42)55(40)62)31-51(45(54)33-61)63-47-22-10-4-18-37(47)41-28-30-43-39-20-8-14-26-53(39)66-58(43)56(41)63/h3-31H,1-2H3. The fraction of sp³-hybridized carbons (Fsp3) is 0.0508. The molecule has 0 bridgehead atoms. The predicted octanol–water partition coefficient (Wildman–Crippen LogP) is 16.3. The van der Waals surface area contributed by atoms with Crippen LogP contribution in [0.3, 0.4) is 0 Å². The van der Waals surface area contributed by atoms with E-state index in [2.05, 4.69) is 216 Å². The van der Waals surface area contributed by atoms with Gasteiger partial charge in [-0.1, -0.05) is 133 Å². The molecule has 0 aliphatic carbocycles. The molecule has 5 nitrogen and oxygen atoms in total. The second-order valence-corrected chi connectivity index (χ2v) is 19.9. The van der Waals surface area contributed by atoms with Crippen LogP contribution in [0.25, 0.3) is 117 Å². The van der Waals surface area contributed by atoms with E-state index in [4.69, 9.17) is 0 Å². The van der Waals surface area contributed by atoms with Crippen molar-refractivity contribution in [2.45, 2.75) is 19.4 Å². The van der Waals surface area contributed by atoms with Gasteiger partial charge in [0.05, 0.1) is 59.5 Å². The van der Waals surface area contributed by atoms with Crippen molar-refractivity contribution < 1.29 is 0 Å². The van der Waals surface area contributed by atoms with Crippen LogP contribution in [0.2, 0.25) is 0 Å². The van der Waals surface area contributed by atoms with Crippen molar-refractivity contribution in [2.75, 3.05) is 0 Å². The summed E-state index contributed by atoms with van der Waals surface area (Å²) in [6.45, 7) is 4.37. The first-order valence-corrected chi connectivity index (χ1v) is 23.8. The molecule has 7 heteroatoms. The van der Waals surface area contributed by atoms with Crippen LogP contribution in [0.15, 0.2) is 176 Å². The minimum atomic E-state index is -0.930. The average molecular weight is 878 g/mol. The van der Waals surface area contributed by atoms with Crippen molar-refractivity contribution in [1.29, 1.82) is 10.5 Å². The van der Waals surface area contributed by atoms with Gasteiger partial charge in [-0.2, -0.15) is 10.5 Å². The SMILES string of the molecule is CC(C)(c1c(C#N)c(-n2c3ccccc3c3ccc4c5ccccc5sc4c32)cc(-n2c3ccccc3c3ccc4c5ccccc5sc4c32)c1C#N)n1c2ccccc2c2ccccc21. The second kappa shape index (κ2) is 13.4. The number of thiophene rings is 2. The Morgan fingerprint density at radius 1 is 0.394 bits per heavy atom. The van der Waals surface area contributed by atoms with Gasteiger partial charge in [0.15, 0.2) is 0 Å². The topological polar surface area (TPSA) is 62.4 Å². The van der Waals surface area contributed by atoms with Gasteiger partial charge in [0.25, 0.3) is 0 Å². The molecule has 14 aromatic rings. The quantitative estimate of drug-likeness (QED) is 0.177. The molecular formula is C59H35N5S2. The maximum atomic E-state index is 12.0. The van der Waals surface area contributed by atoms with E-state index in [0.29, 0.717) is 16.7 Å². The fourth-order valence-corrected chi connectivity index (χ4v) is 13.9. The Bertz CT molecular complexity index is 4260. The van der Waals surface area contributed by atoms with Gasteiger partial charge in [-0.25, -0.2) is 0 Å². The third-order valence-corrected chi connectivity index (χ3v) is 16.5. The number of aromatic nitrogens is 3. The molecule has 0 aliphatic heterocycles. The van der Waals surface area contributed by atoms with Crippen LogP contribution in [0.4, 0.5) is 0 Å². The Balaban J connectivity index is 1.23. The zero-order valence-corrected chi connectivity index (χ0v) is 37.4. The number of nitriles is 2. The molecule has 0 atom stereocenters. The first-order chi connectivity index (χ1) is 32.5. The van der Waals surface area contributed by atoms with Crippen LogP contribution in [0, 0.1) is 22.7 Å². The van der Waals surface area contributed by atoms with E-state index < -0.39 is 5.54 Å². The summed E-state index contributed by atoms with van der Waals surface area (Å²) in [6, 6.07) is 68.1. The summed E-state index contributed by atoms with van der Waals surface area (Å²) >= 11 is 3.58. The molecule has 0 N–H and O–H groups in total. The van der Waals surface area contributed by atoms with Crippen LogP contribution >= 0.6 is 22.7 Å². The van der Waals surface area contributed by atoms with Crippen LogP contribution in [-0.2, 0) is 5.54 Å². The Hall–Kier alpha value is -8.20. The van der Waals surface area contributed by atoms with Gasteiger partial charge in [0.2, 0.25) is 0 Å². The van der Waals surface area contributed by atoms with Crippen LogP contribution < -0.4 is 0 Å². The van der Waals surface area contributed by atoms with Crippen LogP contribution in [-0.4, -0.2) is 13.7 Å². The van der Waals surface area contributed by atoms with E-state index >= 15 is 0 Å². The highest BCUT2D eigenvalue weighted by Gasteiger charge is 2.37. The lowest BCUT2D eigenvalue weighted by atomic mass is 9.83. The largest absolute Gasteiger partial charge is 0.331 e. The molecule has 0 unspecified atom stereocenters. The highest BCUT2D eigenvalue weighted by atomic mass is 32.1. The molecule has 9 aromatic carbocycles. The lowest BCUT2D eigenvalue weighted by Gasteiger charge is -2.33. The molecule has 14 rings (SSSR count). The number of fused-ring (bicyclic) bond motifs is 17. The summed E-state index contributed by atoms with van der Waals surface area (Å²) < 4.78 is 11.8. The minimum absolute atomic E-state index is 0.468. The number of hydrogen-bond donors (Lipinski definition) is 0. The van der Waals surface area contributed by atoms with E-state index in [1.165, 1.54) is 30.9 Å². The molecule has 0 saturated carbocycles. The highest BCUT2D eigenvalue weighted by molar-refractivity contribution is 7.27. The van der Waals surface area contributed by atoms with E-state index in [9.17, 15) is 10.5 Å². The Labute approximate surface area is 386 Å². The molecule has 5 heterocycles. The predicted molar refractivity (Wildman–Crippen MR) is 278 cm³/mol. The number of benzene rings is 9. The van der Waals surface area contributed by atoms with Gasteiger partial charge in [-0.15, -0.1) is 22.7 Å². The van der Waals surface area contributed by atoms with Gasteiger partial charge in [0, 0.05) is 79.9 Å². The summed E-state index contributed by atoms with van der Waals surface area (Å²) in [6.07, 6.45) is 0. The van der Waals surface area contributed by atoms with Crippen molar-refractivity contribution in [3.05, 3.63) is 193 Å². The van der Waals surface area contributed by atoms with Crippen LogP contribution in [0.5, 0.6) is 0 Å². The monoisotopic (exact) mass is 877 g/mol. The van der Waals surface area contributed by atoms with Crippen molar-refractivity contribution in [3.8, 4) is 23.5 Å². The Morgan fingerprint density at radius 2 is 0.742 bits per heavy atom. The lowest BCUT2D eigenvalue weighted by molar-refractivity contribution is 0.462. The van der Waals surface area contributed by atoms with Gasteiger partial charge in [-0.05, 0) is 56.3 Å². The average Bonchev–Trinajstić information content (AvgIpc) is 4.17. The molecule has 0 aliphatic rings. The van der Waals surface area contributed by atoms with E-state index in [0.717, 1.165) is 86.2 Å². The van der Waals surface area contributed by atoms with Gasteiger partial charge >= 0.3 is 0 Å². The zero-order valence-electron chi connectivity index (χ0n) is 35.8. The van der Waals surface area contributed by atoms with Gasteiger partial charge < -0.3 is 13.7 Å². The van der Waals surface area contributed by atoms with E-state index in [1.807, 2.05) is 0 Å². The third kappa shape index (κ3) is 4.75. The Morgan fingerprint density at radius 3 is 1.17 bits per heavy atom. The number of para-hydroxylation sites is 4. The van der Waals surface area contributed by atoms with Crippen LogP contribution in [0.1, 0.15) is 30.5 Å². The van der Waals surface area contributed by atoms with Crippen molar-refractivity contribution in [1.82, 2.24) is 13.7 Å². The number of nitrogens with zero attached hydrogens (tertiary/aromatic N) is 5. The van der Waals surface area contributed by atoms with Crippen molar-refractivity contribution in [3.63, 3.8) is 0 Å². The summed E-state index contributed by atoms with van der Waals surface area (Å²) in [5.41, 5.74) is 8.34. The second-order valence-electron chi connectivity index (χ2n) is 17.8. The summed E-state index contributed by atoms with van der Waals surface area (Å²) in [4.78, 5) is 0. The molecule has 0 fully saturated rings. The molecule has 66 heavy (non-hydrogen) atoms. The normalized spacial score (nSPS) is 12.4. The molecule has 0 spiro atoms. The lowest BCUT2D eigenvalue weighted by Crippen LogP contribution is -2.31. The Kier molecular flexibility index (Phi) is 7.56. The molecule has 0 amide bonds. The minimum Gasteiger partial charge on any atom is -0.331 e. The van der Waals surface area contributed by atoms with E-state index in [1.54, 1.807) is 22.7 Å². The third-order valence-electron chi connectivity index (χ3n) is 14.1. The first-order valence-electron chi connectivity index (χ1n) is 22.1. The van der Waals surface area contributed by atoms with Crippen molar-refractivity contribution >= 4 is 128 Å². The summed E-state index contributed by atoms with van der Waals surface area (Å²) in [5.74, 6) is 0. The van der Waals surface area contributed by atoms with Gasteiger partial charge in [0.1, 0.15) is 12.1 Å². The molecule has 5 aromatic heterocycles. The van der Waals surface area contributed by atoms with E-state index in [-0.39, 0.29) is 0 Å². The summed E-state index contributed by atoms with van der Waals surface area (Å²) in [7, 11) is 0. The molecule has 308 valence electrons. The maximum absolute atomic E-state index is 12.0. The number of rotatable bonds is 4. The fourth-order valence-electron chi connectivity index (χ4n) is 11.4. The first kappa shape index (κ1) is 37.2. The molecular weight excluding hydrogens is 843 g/mol. The van der Waals surface area contributed by atoms with Gasteiger partial charge in [-0.3, -0.25) is 0 Å². The maximum Gasteiger partial charge on any atom is 0.102 e. The number of hydrogen-bond acceptors (Lipinski definition) is 4.